The Morgan fingerprint density at radius 2 is 1.79 bits per heavy atom. The summed E-state index contributed by atoms with van der Waals surface area (Å²) in [6, 6.07) is 25.9. The van der Waals surface area contributed by atoms with Gasteiger partial charge in [-0.2, -0.15) is 5.10 Å². The third kappa shape index (κ3) is 5.74. The first-order valence-electron chi connectivity index (χ1n) is 10.2. The lowest BCUT2D eigenvalue weighted by atomic mass is 10.0. The minimum Gasteiger partial charge on any atom is -0.422 e. The summed E-state index contributed by atoms with van der Waals surface area (Å²) in [5, 5.41) is 10.1. The molecule has 0 radical (unpaired) electrons. The van der Waals surface area contributed by atoms with Crippen molar-refractivity contribution >= 4 is 57.6 Å². The molecule has 2 N–H and O–H groups in total. The molecule has 0 aliphatic carbocycles. The smallest absolute Gasteiger partial charge is 0.343 e. The fourth-order valence-electron chi connectivity index (χ4n) is 3.23. The number of fused-ring (bicyclic) bond motifs is 1. The molecular weight excluding hydrogens is 454 g/mol. The number of nitrogens with one attached hydrogen (secondary N) is 2. The van der Waals surface area contributed by atoms with Crippen LogP contribution in [0.1, 0.15) is 21.5 Å². The summed E-state index contributed by atoms with van der Waals surface area (Å²) >= 11 is 11.3. The molecule has 164 valence electrons. The molecule has 4 rings (SSSR count). The number of esters is 1. The number of anilines is 1. The second-order valence-electron chi connectivity index (χ2n) is 7.29. The predicted octanol–water partition coefficient (Wildman–Crippen LogP) is 6.34. The normalized spacial score (nSPS) is 10.8. The van der Waals surface area contributed by atoms with Crippen LogP contribution in [0.15, 0.2) is 90.0 Å². The van der Waals surface area contributed by atoms with Crippen LogP contribution in [-0.4, -0.2) is 17.3 Å². The van der Waals surface area contributed by atoms with Crippen molar-refractivity contribution in [3.63, 3.8) is 0 Å². The van der Waals surface area contributed by atoms with Crippen LogP contribution in [-0.2, 0) is 0 Å². The number of aryl methyl sites for hydroxylation is 1. The molecule has 0 saturated heterocycles. The van der Waals surface area contributed by atoms with Crippen molar-refractivity contribution in [1.82, 2.24) is 5.43 Å². The van der Waals surface area contributed by atoms with Gasteiger partial charge in [0.25, 0.3) is 0 Å². The molecule has 0 amide bonds. The lowest BCUT2D eigenvalue weighted by Gasteiger charge is -2.11. The zero-order valence-corrected chi connectivity index (χ0v) is 19.3. The topological polar surface area (TPSA) is 62.7 Å². The van der Waals surface area contributed by atoms with Crippen molar-refractivity contribution in [2.24, 2.45) is 5.10 Å². The molecule has 0 aliphatic heterocycles. The Hall–Kier alpha value is -3.74. The Balaban J connectivity index is 1.56. The predicted molar refractivity (Wildman–Crippen MR) is 138 cm³/mol. The number of ether oxygens (including phenoxy) is 1. The summed E-state index contributed by atoms with van der Waals surface area (Å²) in [7, 11) is 0. The second-order valence-corrected chi connectivity index (χ2v) is 8.13. The van der Waals surface area contributed by atoms with Crippen LogP contribution in [0.4, 0.5) is 5.69 Å². The number of thiocarbonyl (C=S) groups is 1. The average molecular weight is 474 g/mol. The quantitative estimate of drug-likeness (QED) is 0.116. The maximum absolute atomic E-state index is 12.7. The van der Waals surface area contributed by atoms with Crippen LogP contribution >= 0.6 is 23.8 Å². The van der Waals surface area contributed by atoms with E-state index in [1.54, 1.807) is 36.5 Å². The molecule has 0 fully saturated rings. The highest BCUT2D eigenvalue weighted by Crippen LogP contribution is 2.27. The van der Waals surface area contributed by atoms with Gasteiger partial charge >= 0.3 is 5.97 Å². The lowest BCUT2D eigenvalue weighted by molar-refractivity contribution is 0.0734. The Morgan fingerprint density at radius 1 is 1.00 bits per heavy atom. The molecule has 0 aliphatic rings. The molecule has 4 aromatic carbocycles. The number of hydrogen-bond acceptors (Lipinski definition) is 4. The van der Waals surface area contributed by atoms with Crippen LogP contribution in [0.5, 0.6) is 5.75 Å². The zero-order valence-electron chi connectivity index (χ0n) is 17.7. The Morgan fingerprint density at radius 3 is 2.58 bits per heavy atom. The molecule has 0 spiro atoms. The van der Waals surface area contributed by atoms with Gasteiger partial charge in [0.2, 0.25) is 0 Å². The number of nitrogens with zero attached hydrogens (tertiary/aromatic N) is 1. The second kappa shape index (κ2) is 10.3. The summed E-state index contributed by atoms with van der Waals surface area (Å²) < 4.78 is 5.72. The van der Waals surface area contributed by atoms with Crippen LogP contribution in [0.2, 0.25) is 5.02 Å². The summed E-state index contributed by atoms with van der Waals surface area (Å²) in [4.78, 5) is 12.7. The summed E-state index contributed by atoms with van der Waals surface area (Å²) in [6.45, 7) is 1.96. The number of halogens is 1. The molecule has 5 nitrogen and oxygen atoms in total. The molecule has 33 heavy (non-hydrogen) atoms. The van der Waals surface area contributed by atoms with Gasteiger partial charge < -0.3 is 10.1 Å². The van der Waals surface area contributed by atoms with Gasteiger partial charge in [0, 0.05) is 16.3 Å². The summed E-state index contributed by atoms with van der Waals surface area (Å²) in [5.74, 6) is -0.0374. The Labute approximate surface area is 202 Å². The molecule has 4 aromatic rings. The van der Waals surface area contributed by atoms with Gasteiger partial charge in [-0.15, -0.1) is 0 Å². The van der Waals surface area contributed by atoms with Gasteiger partial charge in [0.05, 0.1) is 11.8 Å². The Bertz CT molecular complexity index is 1350. The van der Waals surface area contributed by atoms with Gasteiger partial charge in [-0.25, -0.2) is 4.79 Å². The molecule has 0 saturated carbocycles. The largest absolute Gasteiger partial charge is 0.422 e. The van der Waals surface area contributed by atoms with Crippen LogP contribution in [0.3, 0.4) is 0 Å². The Kier molecular flexibility index (Phi) is 6.98. The fraction of sp³-hybridized carbons (Fsp3) is 0.0385. The number of carbonyl (C=O) groups is 1. The van der Waals surface area contributed by atoms with E-state index in [2.05, 4.69) is 15.8 Å². The first-order chi connectivity index (χ1) is 16.0. The highest BCUT2D eigenvalue weighted by Gasteiger charge is 2.13. The molecule has 0 bridgehead atoms. The SMILES string of the molecule is Cc1ccc(C(=O)Oc2ccc3ccccc3c2/C=N\NC(=S)Nc2cccc(Cl)c2)cc1. The van der Waals surface area contributed by atoms with Crippen molar-refractivity contribution in [1.29, 1.82) is 0 Å². The standard InChI is InChI=1S/C26H20ClN3O2S/c1-17-9-11-19(12-10-17)25(31)32-24-14-13-18-5-2-3-8-22(18)23(24)16-28-30-26(33)29-21-7-4-6-20(27)15-21/h2-16H,1H3,(H2,29,30,33)/b28-16-. The maximum Gasteiger partial charge on any atom is 0.343 e. The van der Waals surface area contributed by atoms with Crippen LogP contribution in [0.25, 0.3) is 10.8 Å². The van der Waals surface area contributed by atoms with E-state index in [-0.39, 0.29) is 0 Å². The lowest BCUT2D eigenvalue weighted by Crippen LogP contribution is -2.23. The van der Waals surface area contributed by atoms with Crippen molar-refractivity contribution in [3.8, 4) is 5.75 Å². The van der Waals surface area contributed by atoms with Gasteiger partial charge in [-0.1, -0.05) is 65.7 Å². The van der Waals surface area contributed by atoms with E-state index in [0.29, 0.717) is 27.0 Å². The van der Waals surface area contributed by atoms with Crippen molar-refractivity contribution in [2.45, 2.75) is 6.92 Å². The van der Waals surface area contributed by atoms with E-state index in [1.165, 1.54) is 0 Å². The van der Waals surface area contributed by atoms with Gasteiger partial charge in [0.15, 0.2) is 5.11 Å². The third-order valence-corrected chi connectivity index (χ3v) is 5.29. The highest BCUT2D eigenvalue weighted by molar-refractivity contribution is 7.80. The molecule has 7 heteroatoms. The number of rotatable bonds is 5. The van der Waals surface area contributed by atoms with E-state index in [1.807, 2.05) is 61.5 Å². The van der Waals surface area contributed by atoms with E-state index >= 15 is 0 Å². The number of hydrazone groups is 1. The zero-order chi connectivity index (χ0) is 23.2. The van der Waals surface area contributed by atoms with Crippen molar-refractivity contribution in [3.05, 3.63) is 107 Å². The van der Waals surface area contributed by atoms with Crippen molar-refractivity contribution < 1.29 is 9.53 Å². The van der Waals surface area contributed by atoms with Gasteiger partial charge in [-0.3, -0.25) is 5.43 Å². The average Bonchev–Trinajstić information content (AvgIpc) is 2.80. The molecule has 0 unspecified atom stereocenters. The van der Waals surface area contributed by atoms with E-state index in [0.717, 1.165) is 22.0 Å². The number of hydrogen-bond donors (Lipinski definition) is 2. The molecular formula is C26H20ClN3O2S. The van der Waals surface area contributed by atoms with E-state index in [9.17, 15) is 4.79 Å². The number of carbonyl (C=O) groups excluding carboxylic acids is 1. The summed E-state index contributed by atoms with van der Waals surface area (Å²) in [6.07, 6.45) is 1.59. The summed E-state index contributed by atoms with van der Waals surface area (Å²) in [5.41, 5.74) is 5.73. The minimum atomic E-state index is -0.439. The molecule has 0 atom stereocenters. The van der Waals surface area contributed by atoms with Gasteiger partial charge in [0.1, 0.15) is 5.75 Å². The maximum atomic E-state index is 12.7. The van der Waals surface area contributed by atoms with Crippen LogP contribution in [0, 0.1) is 6.92 Å². The first-order valence-corrected chi connectivity index (χ1v) is 10.9. The molecule has 0 heterocycles. The van der Waals surface area contributed by atoms with Gasteiger partial charge in [-0.05, 0) is 66.3 Å². The first kappa shape index (κ1) is 22.5. The van der Waals surface area contributed by atoms with E-state index < -0.39 is 5.97 Å². The van der Waals surface area contributed by atoms with E-state index in [4.69, 9.17) is 28.6 Å². The third-order valence-electron chi connectivity index (χ3n) is 4.86. The number of benzene rings is 4. The fourth-order valence-corrected chi connectivity index (χ4v) is 3.59. The highest BCUT2D eigenvalue weighted by atomic mass is 35.5. The van der Waals surface area contributed by atoms with Crippen LogP contribution < -0.4 is 15.5 Å². The minimum absolute atomic E-state index is 0.298. The molecule has 0 aromatic heterocycles. The van der Waals surface area contributed by atoms with Crippen molar-refractivity contribution in [2.75, 3.05) is 5.32 Å². The monoisotopic (exact) mass is 473 g/mol.